The van der Waals surface area contributed by atoms with E-state index in [1.807, 2.05) is 25.1 Å². The maximum atomic E-state index is 9.55. The van der Waals surface area contributed by atoms with E-state index in [1.54, 1.807) is 6.07 Å². The zero-order chi connectivity index (χ0) is 10.8. The fraction of sp³-hybridized carbons (Fsp3) is 0.182. The molecule has 2 rings (SSSR count). The molecule has 0 spiro atoms. The molecule has 0 saturated heterocycles. The first-order valence-corrected chi connectivity index (χ1v) is 4.78. The van der Waals surface area contributed by atoms with Gasteiger partial charge in [-0.15, -0.1) is 0 Å². The van der Waals surface area contributed by atoms with Crippen molar-refractivity contribution in [1.82, 2.24) is 4.73 Å². The van der Waals surface area contributed by atoms with Crippen LogP contribution in [0.3, 0.4) is 0 Å². The number of aryl methyl sites for hydroxylation is 1. The van der Waals surface area contributed by atoms with Crippen molar-refractivity contribution in [2.24, 2.45) is 5.16 Å². The molecule has 2 aromatic rings. The third-order valence-electron chi connectivity index (χ3n) is 2.47. The van der Waals surface area contributed by atoms with Crippen molar-refractivity contribution in [3.05, 3.63) is 41.4 Å². The van der Waals surface area contributed by atoms with Crippen molar-refractivity contribution in [3.8, 4) is 0 Å². The molecule has 0 atom stereocenters. The Labute approximate surface area is 86.7 Å². The summed E-state index contributed by atoms with van der Waals surface area (Å²) in [4.78, 5) is 0. The minimum Gasteiger partial charge on any atom is -0.428 e. The minimum atomic E-state index is 0.464. The van der Waals surface area contributed by atoms with Gasteiger partial charge in [-0.3, -0.25) is 0 Å². The van der Waals surface area contributed by atoms with Gasteiger partial charge in [0.1, 0.15) is 5.36 Å². The molecule has 0 unspecified atom stereocenters. The third kappa shape index (κ3) is 1.54. The molecule has 0 aliphatic rings. The van der Waals surface area contributed by atoms with Crippen molar-refractivity contribution in [1.29, 1.82) is 0 Å². The second-order valence-corrected chi connectivity index (χ2v) is 3.35. The van der Waals surface area contributed by atoms with Crippen LogP contribution in [0.5, 0.6) is 0 Å². The maximum absolute atomic E-state index is 9.55. The summed E-state index contributed by atoms with van der Waals surface area (Å²) >= 11 is 0. The summed E-state index contributed by atoms with van der Waals surface area (Å²) in [7, 11) is 0. The maximum Gasteiger partial charge on any atom is 0.113 e. The van der Waals surface area contributed by atoms with Gasteiger partial charge < -0.3 is 10.4 Å². The molecule has 0 fully saturated rings. The Hall–Kier alpha value is -1.97. The van der Waals surface area contributed by atoms with Gasteiger partial charge in [-0.05, 0) is 30.2 Å². The Bertz CT molecular complexity index is 558. The van der Waals surface area contributed by atoms with E-state index in [-0.39, 0.29) is 0 Å². The van der Waals surface area contributed by atoms with Crippen LogP contribution in [0.2, 0.25) is 0 Å². The summed E-state index contributed by atoms with van der Waals surface area (Å²) in [6.07, 6.45) is 2.35. The first kappa shape index (κ1) is 9.58. The molecular formula is C11H12N2O2. The number of rotatable bonds is 1. The highest BCUT2D eigenvalue weighted by molar-refractivity contribution is 5.79. The monoisotopic (exact) mass is 204 g/mol. The van der Waals surface area contributed by atoms with Crippen LogP contribution in [0.25, 0.3) is 10.9 Å². The average molecular weight is 204 g/mol. The van der Waals surface area contributed by atoms with Crippen LogP contribution in [0.15, 0.2) is 35.6 Å². The van der Waals surface area contributed by atoms with Gasteiger partial charge in [0.15, 0.2) is 0 Å². The van der Waals surface area contributed by atoms with Gasteiger partial charge >= 0.3 is 0 Å². The standard InChI is InChI=1S/C11H12N2O2/c1-2-8-3-4-11-9(7-8)10(12-14)5-6-13(11)15/h3-7,14-15H,2H2,1H3/b12-10+. The topological polar surface area (TPSA) is 57.8 Å². The molecule has 1 aromatic carbocycles. The normalized spacial score (nSPS) is 12.2. The lowest BCUT2D eigenvalue weighted by Gasteiger charge is -2.05. The minimum absolute atomic E-state index is 0.464. The summed E-state index contributed by atoms with van der Waals surface area (Å²) in [5, 5.41) is 22.8. The molecule has 2 N–H and O–H groups in total. The van der Waals surface area contributed by atoms with Crippen LogP contribution in [0, 0.1) is 0 Å². The molecule has 1 heterocycles. The lowest BCUT2D eigenvalue weighted by Crippen LogP contribution is -2.08. The largest absolute Gasteiger partial charge is 0.428 e. The van der Waals surface area contributed by atoms with Crippen molar-refractivity contribution in [2.75, 3.05) is 0 Å². The van der Waals surface area contributed by atoms with Crippen molar-refractivity contribution in [3.63, 3.8) is 0 Å². The molecule has 0 amide bonds. The molecule has 0 aliphatic heterocycles. The molecule has 15 heavy (non-hydrogen) atoms. The van der Waals surface area contributed by atoms with Gasteiger partial charge in [-0.2, -0.15) is 4.73 Å². The van der Waals surface area contributed by atoms with Gasteiger partial charge in [0.05, 0.1) is 5.52 Å². The van der Waals surface area contributed by atoms with Crippen LogP contribution >= 0.6 is 0 Å². The second kappa shape index (κ2) is 3.65. The summed E-state index contributed by atoms with van der Waals surface area (Å²) in [5.74, 6) is 0. The highest BCUT2D eigenvalue weighted by atomic mass is 16.5. The molecule has 4 heteroatoms. The molecule has 0 radical (unpaired) electrons. The molecule has 78 valence electrons. The summed E-state index contributed by atoms with van der Waals surface area (Å²) in [6.45, 7) is 2.05. The van der Waals surface area contributed by atoms with E-state index in [0.29, 0.717) is 10.9 Å². The predicted octanol–water partition coefficient (Wildman–Crippen LogP) is 1.73. The number of fused-ring (bicyclic) bond motifs is 1. The smallest absolute Gasteiger partial charge is 0.113 e. The number of aromatic nitrogens is 1. The van der Waals surface area contributed by atoms with E-state index in [1.165, 1.54) is 6.20 Å². The van der Waals surface area contributed by atoms with Crippen LogP contribution in [0.4, 0.5) is 0 Å². The molecule has 0 aliphatic carbocycles. The van der Waals surface area contributed by atoms with Crippen LogP contribution < -0.4 is 5.36 Å². The van der Waals surface area contributed by atoms with E-state index >= 15 is 0 Å². The van der Waals surface area contributed by atoms with Crippen molar-refractivity contribution in [2.45, 2.75) is 13.3 Å². The fourth-order valence-corrected chi connectivity index (χ4v) is 1.61. The van der Waals surface area contributed by atoms with Crippen LogP contribution in [0.1, 0.15) is 12.5 Å². The molecule has 0 saturated carbocycles. The molecule has 0 bridgehead atoms. The summed E-state index contributed by atoms with van der Waals surface area (Å²) < 4.78 is 1.02. The Kier molecular flexibility index (Phi) is 2.33. The number of pyridine rings is 1. The second-order valence-electron chi connectivity index (χ2n) is 3.35. The number of hydrogen-bond acceptors (Lipinski definition) is 3. The lowest BCUT2D eigenvalue weighted by atomic mass is 10.1. The van der Waals surface area contributed by atoms with Crippen molar-refractivity contribution < 1.29 is 10.4 Å². The highest BCUT2D eigenvalue weighted by Crippen LogP contribution is 2.12. The van der Waals surface area contributed by atoms with E-state index in [4.69, 9.17) is 5.21 Å². The quantitative estimate of drug-likeness (QED) is 0.422. The first-order valence-electron chi connectivity index (χ1n) is 4.78. The number of nitrogens with zero attached hydrogens (tertiary/aromatic N) is 2. The Morgan fingerprint density at radius 2 is 2.13 bits per heavy atom. The van der Waals surface area contributed by atoms with Gasteiger partial charge in [-0.25, -0.2) is 0 Å². The SMILES string of the molecule is CCc1ccc2c(c1)/c(=N/O)ccn2O. The highest BCUT2D eigenvalue weighted by Gasteiger charge is 2.01. The Morgan fingerprint density at radius 1 is 1.33 bits per heavy atom. The van der Waals surface area contributed by atoms with E-state index in [0.717, 1.165) is 22.1 Å². The summed E-state index contributed by atoms with van der Waals surface area (Å²) in [6, 6.07) is 7.22. The van der Waals surface area contributed by atoms with Gasteiger partial charge in [0.25, 0.3) is 0 Å². The molecule has 1 aromatic heterocycles. The van der Waals surface area contributed by atoms with E-state index in [9.17, 15) is 5.21 Å². The number of hydrogen-bond donors (Lipinski definition) is 2. The first-order chi connectivity index (χ1) is 7.26. The lowest BCUT2D eigenvalue weighted by molar-refractivity contribution is 0.197. The zero-order valence-electron chi connectivity index (χ0n) is 8.38. The van der Waals surface area contributed by atoms with Gasteiger partial charge in [0.2, 0.25) is 0 Å². The van der Waals surface area contributed by atoms with Gasteiger partial charge in [-0.1, -0.05) is 18.1 Å². The van der Waals surface area contributed by atoms with Crippen molar-refractivity contribution >= 4 is 10.9 Å². The predicted molar refractivity (Wildman–Crippen MR) is 55.9 cm³/mol. The fourth-order valence-electron chi connectivity index (χ4n) is 1.61. The average Bonchev–Trinajstić information content (AvgIpc) is 2.29. The Balaban J connectivity index is 2.90. The van der Waals surface area contributed by atoms with Crippen LogP contribution in [-0.4, -0.2) is 15.1 Å². The third-order valence-corrected chi connectivity index (χ3v) is 2.47. The Morgan fingerprint density at radius 3 is 2.80 bits per heavy atom. The van der Waals surface area contributed by atoms with Crippen LogP contribution in [-0.2, 0) is 6.42 Å². The molecular weight excluding hydrogens is 192 g/mol. The molecule has 4 nitrogen and oxygen atoms in total. The zero-order valence-corrected chi connectivity index (χ0v) is 8.38. The summed E-state index contributed by atoms with van der Waals surface area (Å²) in [5.41, 5.74) is 1.76. The van der Waals surface area contributed by atoms with E-state index in [2.05, 4.69) is 5.16 Å². The van der Waals surface area contributed by atoms with E-state index < -0.39 is 0 Å². The van der Waals surface area contributed by atoms with Gasteiger partial charge in [0, 0.05) is 11.6 Å². The number of benzene rings is 1.